The summed E-state index contributed by atoms with van der Waals surface area (Å²) in [6.07, 6.45) is 0.893. The van der Waals surface area contributed by atoms with E-state index in [0.717, 1.165) is 17.9 Å². The van der Waals surface area contributed by atoms with E-state index < -0.39 is 0 Å². The number of hydrogen-bond acceptors (Lipinski definition) is 3. The van der Waals surface area contributed by atoms with E-state index in [1.807, 2.05) is 23.1 Å². The van der Waals surface area contributed by atoms with E-state index in [0.29, 0.717) is 6.54 Å². The number of nitrogens with zero attached hydrogens (tertiary/aromatic N) is 2. The first-order chi connectivity index (χ1) is 9.16. The minimum atomic E-state index is 0.0216. The van der Waals surface area contributed by atoms with Crippen molar-refractivity contribution < 1.29 is 9.59 Å². The van der Waals surface area contributed by atoms with Crippen molar-refractivity contribution in [3.63, 3.8) is 0 Å². The summed E-state index contributed by atoms with van der Waals surface area (Å²) < 4.78 is 0. The predicted octanol–water partition coefficient (Wildman–Crippen LogP) is 2.13. The Balaban J connectivity index is 1.78. The van der Waals surface area contributed by atoms with E-state index in [4.69, 9.17) is 0 Å². The van der Waals surface area contributed by atoms with Crippen molar-refractivity contribution in [1.29, 1.82) is 0 Å². The number of amides is 2. The first-order valence-electron chi connectivity index (χ1n) is 6.48. The van der Waals surface area contributed by atoms with Gasteiger partial charge in [0.05, 0.1) is 0 Å². The van der Waals surface area contributed by atoms with Crippen LogP contribution in [0.3, 0.4) is 0 Å². The van der Waals surface area contributed by atoms with E-state index in [9.17, 15) is 9.59 Å². The molecule has 1 saturated heterocycles. The predicted molar refractivity (Wildman–Crippen MR) is 76.5 cm³/mol. The summed E-state index contributed by atoms with van der Waals surface area (Å²) in [6.45, 7) is 2.93. The van der Waals surface area contributed by atoms with Crippen LogP contribution in [0.25, 0.3) is 0 Å². The summed E-state index contributed by atoms with van der Waals surface area (Å²) in [7, 11) is 0. The Labute approximate surface area is 116 Å². The zero-order valence-electron chi connectivity index (χ0n) is 10.8. The van der Waals surface area contributed by atoms with Crippen LogP contribution in [0.4, 0.5) is 10.5 Å². The van der Waals surface area contributed by atoms with Gasteiger partial charge in [-0.2, -0.15) is 0 Å². The number of thioether (sulfide) groups is 1. The SMILES string of the molecule is CC1Cc2ccccc2N1C(=O)CN1CCSC1=O. The lowest BCUT2D eigenvalue weighted by molar-refractivity contribution is -0.119. The first kappa shape index (κ1) is 12.5. The van der Waals surface area contributed by atoms with Gasteiger partial charge in [0, 0.05) is 24.0 Å². The van der Waals surface area contributed by atoms with E-state index >= 15 is 0 Å². The minimum absolute atomic E-state index is 0.0216. The molecule has 3 rings (SSSR count). The zero-order chi connectivity index (χ0) is 13.4. The number of carbonyl (C=O) groups is 2. The van der Waals surface area contributed by atoms with Gasteiger partial charge in [-0.15, -0.1) is 0 Å². The van der Waals surface area contributed by atoms with E-state index in [1.54, 1.807) is 4.90 Å². The van der Waals surface area contributed by atoms with Crippen LogP contribution >= 0.6 is 11.8 Å². The van der Waals surface area contributed by atoms with E-state index in [-0.39, 0.29) is 23.7 Å². The number of benzene rings is 1. The van der Waals surface area contributed by atoms with Crippen molar-refractivity contribution >= 4 is 28.6 Å². The quantitative estimate of drug-likeness (QED) is 0.831. The Morgan fingerprint density at radius 1 is 1.42 bits per heavy atom. The lowest BCUT2D eigenvalue weighted by Gasteiger charge is -2.25. The van der Waals surface area contributed by atoms with Gasteiger partial charge in [0.1, 0.15) is 6.54 Å². The van der Waals surface area contributed by atoms with Gasteiger partial charge in [-0.3, -0.25) is 9.59 Å². The average molecular weight is 276 g/mol. The Morgan fingerprint density at radius 3 is 2.95 bits per heavy atom. The third kappa shape index (κ3) is 2.23. The van der Waals surface area contributed by atoms with Crippen LogP contribution in [0.15, 0.2) is 24.3 Å². The molecule has 0 bridgehead atoms. The Morgan fingerprint density at radius 2 is 2.21 bits per heavy atom. The molecular weight excluding hydrogens is 260 g/mol. The van der Waals surface area contributed by atoms with Crippen molar-refractivity contribution in [2.24, 2.45) is 0 Å². The summed E-state index contributed by atoms with van der Waals surface area (Å²) >= 11 is 1.29. The molecular formula is C14H16N2O2S. The molecule has 4 nitrogen and oxygen atoms in total. The summed E-state index contributed by atoms with van der Waals surface area (Å²) in [5, 5.41) is 0.0217. The van der Waals surface area contributed by atoms with Gasteiger partial charge in [-0.1, -0.05) is 30.0 Å². The minimum Gasteiger partial charge on any atom is -0.323 e. The molecule has 0 saturated carbocycles. The smallest absolute Gasteiger partial charge is 0.282 e. The fraction of sp³-hybridized carbons (Fsp3) is 0.429. The summed E-state index contributed by atoms with van der Waals surface area (Å²) in [5.41, 5.74) is 2.21. The normalized spacial score (nSPS) is 21.9. The molecule has 2 aliphatic rings. The first-order valence-corrected chi connectivity index (χ1v) is 7.47. The average Bonchev–Trinajstić information content (AvgIpc) is 2.92. The second kappa shape index (κ2) is 4.89. The number of hydrogen-bond donors (Lipinski definition) is 0. The Hall–Kier alpha value is -1.49. The van der Waals surface area contributed by atoms with E-state index in [2.05, 4.69) is 13.0 Å². The molecule has 0 spiro atoms. The van der Waals surface area contributed by atoms with Crippen LogP contribution in [0.2, 0.25) is 0 Å². The Bertz CT molecular complexity index is 532. The van der Waals surface area contributed by atoms with Gasteiger partial charge in [-0.25, -0.2) is 0 Å². The van der Waals surface area contributed by atoms with Gasteiger partial charge in [-0.05, 0) is 25.0 Å². The molecule has 1 aromatic carbocycles. The van der Waals surface area contributed by atoms with Gasteiger partial charge >= 0.3 is 0 Å². The topological polar surface area (TPSA) is 40.6 Å². The molecule has 1 atom stereocenters. The van der Waals surface area contributed by atoms with Crippen molar-refractivity contribution in [3.8, 4) is 0 Å². The summed E-state index contributed by atoms with van der Waals surface area (Å²) in [4.78, 5) is 27.5. The highest BCUT2D eigenvalue weighted by atomic mass is 32.2. The summed E-state index contributed by atoms with van der Waals surface area (Å²) in [6, 6.07) is 8.18. The highest BCUT2D eigenvalue weighted by Gasteiger charge is 2.33. The molecule has 1 unspecified atom stereocenters. The van der Waals surface area contributed by atoms with Crippen LogP contribution < -0.4 is 4.90 Å². The van der Waals surface area contributed by atoms with Crippen molar-refractivity contribution in [2.45, 2.75) is 19.4 Å². The van der Waals surface area contributed by atoms with Crippen LogP contribution in [0.5, 0.6) is 0 Å². The highest BCUT2D eigenvalue weighted by molar-refractivity contribution is 8.13. The lowest BCUT2D eigenvalue weighted by Crippen LogP contribution is -2.43. The number of fused-ring (bicyclic) bond motifs is 1. The number of rotatable bonds is 2. The molecule has 19 heavy (non-hydrogen) atoms. The molecule has 100 valence electrons. The second-order valence-corrected chi connectivity index (χ2v) is 6.03. The molecule has 0 aliphatic carbocycles. The molecule has 2 aliphatic heterocycles. The molecule has 2 heterocycles. The zero-order valence-corrected chi connectivity index (χ0v) is 11.7. The maximum Gasteiger partial charge on any atom is 0.282 e. The number of anilines is 1. The molecule has 0 radical (unpaired) electrons. The highest BCUT2D eigenvalue weighted by Crippen LogP contribution is 2.32. The standard InChI is InChI=1S/C14H16N2O2S/c1-10-8-11-4-2-3-5-12(11)16(10)13(17)9-15-6-7-19-14(15)18/h2-5,10H,6-9H2,1H3. The van der Waals surface area contributed by atoms with Gasteiger partial charge < -0.3 is 9.80 Å². The third-order valence-corrected chi connectivity index (χ3v) is 4.54. The molecule has 1 fully saturated rings. The summed E-state index contributed by atoms with van der Waals surface area (Å²) in [5.74, 6) is 0.812. The molecule has 5 heteroatoms. The van der Waals surface area contributed by atoms with Crippen molar-refractivity contribution in [3.05, 3.63) is 29.8 Å². The molecule has 1 aromatic rings. The van der Waals surface area contributed by atoms with Gasteiger partial charge in [0.25, 0.3) is 5.24 Å². The van der Waals surface area contributed by atoms with Crippen molar-refractivity contribution in [1.82, 2.24) is 4.90 Å². The monoisotopic (exact) mass is 276 g/mol. The fourth-order valence-electron chi connectivity index (χ4n) is 2.75. The number of carbonyl (C=O) groups excluding carboxylic acids is 2. The number of para-hydroxylation sites is 1. The largest absolute Gasteiger partial charge is 0.323 e. The molecule has 0 N–H and O–H groups in total. The van der Waals surface area contributed by atoms with Crippen LogP contribution in [0.1, 0.15) is 12.5 Å². The van der Waals surface area contributed by atoms with Crippen LogP contribution in [0, 0.1) is 0 Å². The fourth-order valence-corrected chi connectivity index (χ4v) is 3.58. The van der Waals surface area contributed by atoms with E-state index in [1.165, 1.54) is 17.3 Å². The maximum absolute atomic E-state index is 12.4. The lowest BCUT2D eigenvalue weighted by atomic mass is 10.1. The molecule has 0 aromatic heterocycles. The Kier molecular flexibility index (Phi) is 3.22. The molecule has 2 amide bonds. The second-order valence-electron chi connectivity index (χ2n) is 4.98. The van der Waals surface area contributed by atoms with Crippen LogP contribution in [-0.4, -0.2) is 40.9 Å². The van der Waals surface area contributed by atoms with Gasteiger partial charge in [0.2, 0.25) is 5.91 Å². The van der Waals surface area contributed by atoms with Gasteiger partial charge in [0.15, 0.2) is 0 Å². The van der Waals surface area contributed by atoms with Crippen LogP contribution in [-0.2, 0) is 11.2 Å². The third-order valence-electron chi connectivity index (χ3n) is 3.65. The van der Waals surface area contributed by atoms with Crippen molar-refractivity contribution in [2.75, 3.05) is 23.7 Å². The maximum atomic E-state index is 12.4.